The molecule has 0 radical (unpaired) electrons. The van der Waals surface area contributed by atoms with Gasteiger partial charge in [0.25, 0.3) is 0 Å². The Kier molecular flexibility index (Phi) is 3.69. The molecule has 1 atom stereocenters. The van der Waals surface area contributed by atoms with Crippen molar-refractivity contribution in [3.8, 4) is 0 Å². The third-order valence-corrected chi connectivity index (χ3v) is 3.58. The normalized spacial score (nSPS) is 17.6. The minimum atomic E-state index is -0.188. The zero-order chi connectivity index (χ0) is 13.9. The van der Waals surface area contributed by atoms with Gasteiger partial charge in [-0.25, -0.2) is 9.07 Å². The molecule has 0 aliphatic carbocycles. The summed E-state index contributed by atoms with van der Waals surface area (Å²) in [4.78, 5) is 0. The predicted octanol–water partition coefficient (Wildman–Crippen LogP) is 2.16. The Balaban J connectivity index is 1.49. The molecular formula is C15H19FN4. The van der Waals surface area contributed by atoms with Gasteiger partial charge in [0, 0.05) is 38.2 Å². The van der Waals surface area contributed by atoms with Crippen LogP contribution < -0.4 is 10.6 Å². The van der Waals surface area contributed by atoms with Crippen molar-refractivity contribution in [2.45, 2.75) is 20.0 Å². The summed E-state index contributed by atoms with van der Waals surface area (Å²) in [6.45, 7) is 5.59. The molecule has 0 saturated carbocycles. The second kappa shape index (κ2) is 5.63. The van der Waals surface area contributed by atoms with E-state index in [1.165, 1.54) is 12.1 Å². The van der Waals surface area contributed by atoms with E-state index in [-0.39, 0.29) is 5.82 Å². The summed E-state index contributed by atoms with van der Waals surface area (Å²) in [5.74, 6) is 1.44. The quantitative estimate of drug-likeness (QED) is 0.898. The first-order chi connectivity index (χ1) is 9.70. The molecule has 20 heavy (non-hydrogen) atoms. The van der Waals surface area contributed by atoms with Gasteiger partial charge in [-0.15, -0.1) is 0 Å². The molecule has 0 fully saturated rings. The van der Waals surface area contributed by atoms with E-state index >= 15 is 0 Å². The summed E-state index contributed by atoms with van der Waals surface area (Å²) >= 11 is 0. The topological polar surface area (TPSA) is 41.9 Å². The Bertz CT molecular complexity index is 576. The highest BCUT2D eigenvalue weighted by atomic mass is 19.1. The van der Waals surface area contributed by atoms with E-state index in [2.05, 4.69) is 21.8 Å². The first kappa shape index (κ1) is 13.1. The number of aromatic nitrogens is 2. The molecule has 1 aliphatic heterocycles. The maximum absolute atomic E-state index is 12.8. The van der Waals surface area contributed by atoms with Crippen LogP contribution in [0.2, 0.25) is 0 Å². The van der Waals surface area contributed by atoms with Crippen LogP contribution in [0.4, 0.5) is 10.2 Å². The molecule has 4 nitrogen and oxygen atoms in total. The molecule has 0 bridgehead atoms. The fraction of sp³-hybridized carbons (Fsp3) is 0.400. The van der Waals surface area contributed by atoms with Gasteiger partial charge < -0.3 is 10.6 Å². The van der Waals surface area contributed by atoms with Crippen molar-refractivity contribution in [2.75, 3.05) is 18.4 Å². The van der Waals surface area contributed by atoms with Crippen LogP contribution in [0.15, 0.2) is 30.3 Å². The number of benzene rings is 1. The van der Waals surface area contributed by atoms with Gasteiger partial charge in [0.05, 0.1) is 5.69 Å². The number of nitrogens with one attached hydrogen (secondary N) is 2. The second-order valence-corrected chi connectivity index (χ2v) is 5.36. The maximum Gasteiger partial charge on any atom is 0.124 e. The highest BCUT2D eigenvalue weighted by molar-refractivity contribution is 5.38. The fourth-order valence-corrected chi connectivity index (χ4v) is 2.54. The lowest BCUT2D eigenvalue weighted by atomic mass is 10.1. The molecule has 0 saturated heterocycles. The summed E-state index contributed by atoms with van der Waals surface area (Å²) < 4.78 is 14.8. The number of nitrogens with zero attached hydrogens (tertiary/aromatic N) is 2. The van der Waals surface area contributed by atoms with Crippen LogP contribution in [-0.4, -0.2) is 22.9 Å². The molecule has 2 N–H and O–H groups in total. The molecule has 106 valence electrons. The van der Waals surface area contributed by atoms with Crippen molar-refractivity contribution in [2.24, 2.45) is 5.92 Å². The Labute approximate surface area is 118 Å². The van der Waals surface area contributed by atoms with Crippen LogP contribution in [-0.2, 0) is 13.1 Å². The van der Waals surface area contributed by atoms with Gasteiger partial charge >= 0.3 is 0 Å². The first-order valence-electron chi connectivity index (χ1n) is 6.94. The van der Waals surface area contributed by atoms with Gasteiger partial charge in [0.1, 0.15) is 11.6 Å². The van der Waals surface area contributed by atoms with E-state index in [4.69, 9.17) is 0 Å². The summed E-state index contributed by atoms with van der Waals surface area (Å²) in [5, 5.41) is 11.3. The minimum Gasteiger partial charge on any atom is -0.370 e. The van der Waals surface area contributed by atoms with E-state index in [0.29, 0.717) is 5.92 Å². The zero-order valence-corrected chi connectivity index (χ0v) is 11.6. The number of rotatable bonds is 4. The SMILES string of the molecule is Cc1cc2n(n1)CC(CNCc1ccc(F)cc1)CN2. The molecule has 0 amide bonds. The van der Waals surface area contributed by atoms with E-state index < -0.39 is 0 Å². The van der Waals surface area contributed by atoms with Crippen molar-refractivity contribution in [1.82, 2.24) is 15.1 Å². The third kappa shape index (κ3) is 2.99. The molecule has 1 unspecified atom stereocenters. The maximum atomic E-state index is 12.8. The summed E-state index contributed by atoms with van der Waals surface area (Å²) in [5.41, 5.74) is 2.15. The molecule has 2 aromatic rings. The predicted molar refractivity (Wildman–Crippen MR) is 77.1 cm³/mol. The van der Waals surface area contributed by atoms with Crippen molar-refractivity contribution >= 4 is 5.82 Å². The average molecular weight is 274 g/mol. The van der Waals surface area contributed by atoms with E-state index in [9.17, 15) is 4.39 Å². The van der Waals surface area contributed by atoms with Crippen LogP contribution in [0.5, 0.6) is 0 Å². The van der Waals surface area contributed by atoms with Crippen LogP contribution >= 0.6 is 0 Å². The van der Waals surface area contributed by atoms with Gasteiger partial charge in [0.15, 0.2) is 0 Å². The highest BCUT2D eigenvalue weighted by Crippen LogP contribution is 2.18. The lowest BCUT2D eigenvalue weighted by Crippen LogP contribution is -2.35. The fourth-order valence-electron chi connectivity index (χ4n) is 2.54. The molecule has 0 spiro atoms. The van der Waals surface area contributed by atoms with Crippen molar-refractivity contribution in [1.29, 1.82) is 0 Å². The molecular weight excluding hydrogens is 255 g/mol. The van der Waals surface area contributed by atoms with E-state index in [1.54, 1.807) is 0 Å². The lowest BCUT2D eigenvalue weighted by Gasteiger charge is -2.25. The number of hydrogen-bond donors (Lipinski definition) is 2. The Morgan fingerprint density at radius 3 is 3.00 bits per heavy atom. The van der Waals surface area contributed by atoms with Crippen molar-refractivity contribution in [3.63, 3.8) is 0 Å². The van der Waals surface area contributed by atoms with Crippen LogP contribution in [0, 0.1) is 18.7 Å². The monoisotopic (exact) mass is 274 g/mol. The van der Waals surface area contributed by atoms with E-state index in [1.807, 2.05) is 23.7 Å². The zero-order valence-electron chi connectivity index (χ0n) is 11.6. The van der Waals surface area contributed by atoms with Crippen LogP contribution in [0.3, 0.4) is 0 Å². The highest BCUT2D eigenvalue weighted by Gasteiger charge is 2.18. The Morgan fingerprint density at radius 1 is 1.40 bits per heavy atom. The molecule has 1 aromatic carbocycles. The second-order valence-electron chi connectivity index (χ2n) is 5.36. The summed E-state index contributed by atoms with van der Waals surface area (Å²) in [6, 6.07) is 8.70. The number of hydrogen-bond acceptors (Lipinski definition) is 3. The molecule has 1 aromatic heterocycles. The van der Waals surface area contributed by atoms with Crippen LogP contribution in [0.25, 0.3) is 0 Å². The summed E-state index contributed by atoms with van der Waals surface area (Å²) in [6.07, 6.45) is 0. The largest absolute Gasteiger partial charge is 0.370 e. The number of halogens is 1. The average Bonchev–Trinajstić information content (AvgIpc) is 2.80. The molecule has 3 rings (SSSR count). The van der Waals surface area contributed by atoms with E-state index in [0.717, 1.165) is 43.3 Å². The van der Waals surface area contributed by atoms with Gasteiger partial charge in [-0.2, -0.15) is 5.10 Å². The number of aryl methyl sites for hydroxylation is 1. The Hall–Kier alpha value is -1.88. The van der Waals surface area contributed by atoms with Crippen molar-refractivity contribution in [3.05, 3.63) is 47.4 Å². The number of fused-ring (bicyclic) bond motifs is 1. The van der Waals surface area contributed by atoms with Crippen LogP contribution in [0.1, 0.15) is 11.3 Å². The summed E-state index contributed by atoms with van der Waals surface area (Å²) in [7, 11) is 0. The minimum absolute atomic E-state index is 0.188. The standard InChI is InChI=1S/C15H19FN4/c1-11-6-15-18-9-13(10-20(15)19-11)8-17-7-12-2-4-14(16)5-3-12/h2-6,13,17-18H,7-10H2,1H3. The molecule has 5 heteroatoms. The van der Waals surface area contributed by atoms with Gasteiger partial charge in [-0.3, -0.25) is 0 Å². The molecule has 1 aliphatic rings. The lowest BCUT2D eigenvalue weighted by molar-refractivity contribution is 0.390. The first-order valence-corrected chi connectivity index (χ1v) is 6.94. The van der Waals surface area contributed by atoms with Gasteiger partial charge in [-0.1, -0.05) is 12.1 Å². The van der Waals surface area contributed by atoms with Gasteiger partial charge in [-0.05, 0) is 24.6 Å². The smallest absolute Gasteiger partial charge is 0.124 e. The number of anilines is 1. The van der Waals surface area contributed by atoms with Gasteiger partial charge in [0.2, 0.25) is 0 Å². The van der Waals surface area contributed by atoms with Crippen molar-refractivity contribution < 1.29 is 4.39 Å². The third-order valence-electron chi connectivity index (χ3n) is 3.58. The molecule has 2 heterocycles. The Morgan fingerprint density at radius 2 is 2.20 bits per heavy atom.